The molecular weight excluding hydrogens is 240 g/mol. The van der Waals surface area contributed by atoms with E-state index in [-0.39, 0.29) is 12.3 Å². The summed E-state index contributed by atoms with van der Waals surface area (Å²) >= 11 is 0. The molecule has 0 spiro atoms. The summed E-state index contributed by atoms with van der Waals surface area (Å²) in [5.74, 6) is -0.0862. The summed E-state index contributed by atoms with van der Waals surface area (Å²) in [5.41, 5.74) is 6.55. The fourth-order valence-corrected chi connectivity index (χ4v) is 2.58. The van der Waals surface area contributed by atoms with Gasteiger partial charge < -0.3 is 16.2 Å². The van der Waals surface area contributed by atoms with Gasteiger partial charge in [-0.15, -0.1) is 0 Å². The maximum Gasteiger partial charge on any atom is 0.224 e. The minimum atomic E-state index is -0.712. The highest BCUT2D eigenvalue weighted by Gasteiger charge is 2.29. The summed E-state index contributed by atoms with van der Waals surface area (Å²) in [6.07, 6.45) is 5.08. The largest absolute Gasteiger partial charge is 0.398 e. The Balaban J connectivity index is 1.83. The lowest BCUT2D eigenvalue weighted by atomic mass is 9.85. The van der Waals surface area contributed by atoms with Gasteiger partial charge in [-0.3, -0.25) is 4.79 Å². The predicted octanol–water partition coefficient (Wildman–Crippen LogP) is 1.62. The molecule has 0 unspecified atom stereocenters. The summed E-state index contributed by atoms with van der Waals surface area (Å²) < 4.78 is 0. The molecule has 0 radical (unpaired) electrons. The van der Waals surface area contributed by atoms with Crippen molar-refractivity contribution in [1.82, 2.24) is 5.32 Å². The van der Waals surface area contributed by atoms with Gasteiger partial charge in [0, 0.05) is 12.2 Å². The van der Waals surface area contributed by atoms with Gasteiger partial charge in [0.25, 0.3) is 0 Å². The monoisotopic (exact) mass is 262 g/mol. The fraction of sp³-hybridized carbons (Fsp3) is 0.533. The molecule has 0 aliphatic heterocycles. The van der Waals surface area contributed by atoms with E-state index in [1.54, 1.807) is 6.07 Å². The molecule has 0 heterocycles. The Bertz CT molecular complexity index is 440. The first-order chi connectivity index (χ1) is 9.09. The Kier molecular flexibility index (Phi) is 4.43. The second kappa shape index (κ2) is 6.06. The lowest BCUT2D eigenvalue weighted by Gasteiger charge is -2.32. The van der Waals surface area contributed by atoms with E-state index < -0.39 is 5.60 Å². The topological polar surface area (TPSA) is 75.4 Å². The van der Waals surface area contributed by atoms with Crippen LogP contribution in [-0.4, -0.2) is 23.2 Å². The quantitative estimate of drug-likeness (QED) is 0.722. The molecule has 4 nitrogen and oxygen atoms in total. The Labute approximate surface area is 114 Å². The number of nitrogen functional groups attached to an aromatic ring is 1. The number of amides is 1. The number of benzene rings is 1. The van der Waals surface area contributed by atoms with Crippen LogP contribution in [0.15, 0.2) is 24.3 Å². The fourth-order valence-electron chi connectivity index (χ4n) is 2.58. The third kappa shape index (κ3) is 3.96. The molecule has 4 N–H and O–H groups in total. The molecule has 1 aliphatic carbocycles. The van der Waals surface area contributed by atoms with Gasteiger partial charge in [0.1, 0.15) is 0 Å². The average Bonchev–Trinajstić information content (AvgIpc) is 2.40. The van der Waals surface area contributed by atoms with Crippen LogP contribution in [0.2, 0.25) is 0 Å². The van der Waals surface area contributed by atoms with Crippen molar-refractivity contribution in [3.8, 4) is 0 Å². The normalized spacial score (nSPS) is 17.9. The Morgan fingerprint density at radius 2 is 1.95 bits per heavy atom. The Hall–Kier alpha value is -1.55. The molecule has 104 valence electrons. The second-order valence-corrected chi connectivity index (χ2v) is 5.44. The van der Waals surface area contributed by atoms with Crippen molar-refractivity contribution >= 4 is 11.6 Å². The predicted molar refractivity (Wildman–Crippen MR) is 75.6 cm³/mol. The minimum absolute atomic E-state index is 0.0862. The average molecular weight is 262 g/mol. The number of carbonyl (C=O) groups excluding carboxylic acids is 1. The number of para-hydroxylation sites is 1. The van der Waals surface area contributed by atoms with E-state index in [0.29, 0.717) is 12.2 Å². The zero-order valence-electron chi connectivity index (χ0n) is 11.2. The van der Waals surface area contributed by atoms with Crippen molar-refractivity contribution in [1.29, 1.82) is 0 Å². The van der Waals surface area contributed by atoms with Crippen LogP contribution >= 0.6 is 0 Å². The van der Waals surface area contributed by atoms with Crippen LogP contribution in [0, 0.1) is 0 Å². The first kappa shape index (κ1) is 13.9. The van der Waals surface area contributed by atoms with Gasteiger partial charge in [0.05, 0.1) is 12.0 Å². The molecule has 2 rings (SSSR count). The summed E-state index contributed by atoms with van der Waals surface area (Å²) in [6, 6.07) is 7.36. The summed E-state index contributed by atoms with van der Waals surface area (Å²) in [6.45, 7) is 0.346. The number of hydrogen-bond donors (Lipinski definition) is 3. The molecule has 1 amide bonds. The number of aliphatic hydroxyl groups is 1. The molecular formula is C15H22N2O2. The molecule has 0 aromatic heterocycles. The van der Waals surface area contributed by atoms with Gasteiger partial charge in [-0.05, 0) is 24.5 Å². The van der Waals surface area contributed by atoms with Gasteiger partial charge in [-0.1, -0.05) is 37.5 Å². The molecule has 1 aromatic rings. The van der Waals surface area contributed by atoms with E-state index in [0.717, 1.165) is 31.2 Å². The zero-order valence-corrected chi connectivity index (χ0v) is 11.2. The SMILES string of the molecule is Nc1ccccc1CC(=O)NCC1(O)CCCCC1. The van der Waals surface area contributed by atoms with Crippen LogP contribution in [0.3, 0.4) is 0 Å². The van der Waals surface area contributed by atoms with E-state index in [2.05, 4.69) is 5.32 Å². The maximum absolute atomic E-state index is 11.9. The highest BCUT2D eigenvalue weighted by molar-refractivity contribution is 5.80. The Morgan fingerprint density at radius 1 is 1.26 bits per heavy atom. The molecule has 19 heavy (non-hydrogen) atoms. The standard InChI is InChI=1S/C15H22N2O2/c16-13-7-3-2-6-12(13)10-14(18)17-11-15(19)8-4-1-5-9-15/h2-3,6-7,19H,1,4-5,8-11,16H2,(H,17,18). The molecule has 1 aliphatic rings. The third-order valence-corrected chi connectivity index (χ3v) is 3.80. The smallest absolute Gasteiger partial charge is 0.224 e. The van der Waals surface area contributed by atoms with Crippen molar-refractivity contribution in [3.63, 3.8) is 0 Å². The van der Waals surface area contributed by atoms with Gasteiger partial charge in [0.2, 0.25) is 5.91 Å². The molecule has 0 bridgehead atoms. The van der Waals surface area contributed by atoms with Gasteiger partial charge in [-0.2, -0.15) is 0 Å². The number of nitrogens with two attached hydrogens (primary N) is 1. The first-order valence-electron chi connectivity index (χ1n) is 6.92. The van der Waals surface area contributed by atoms with Gasteiger partial charge in [0.15, 0.2) is 0 Å². The van der Waals surface area contributed by atoms with Crippen LogP contribution in [0.4, 0.5) is 5.69 Å². The highest BCUT2D eigenvalue weighted by atomic mass is 16.3. The first-order valence-corrected chi connectivity index (χ1v) is 6.92. The summed E-state index contributed by atoms with van der Waals surface area (Å²) in [5, 5.41) is 13.1. The number of rotatable bonds is 4. The van der Waals surface area contributed by atoms with E-state index in [9.17, 15) is 9.90 Å². The minimum Gasteiger partial charge on any atom is -0.398 e. The molecule has 1 saturated carbocycles. The lowest BCUT2D eigenvalue weighted by Crippen LogP contribution is -2.44. The lowest BCUT2D eigenvalue weighted by molar-refractivity contribution is -0.122. The van der Waals surface area contributed by atoms with Gasteiger partial charge >= 0.3 is 0 Å². The molecule has 1 aromatic carbocycles. The molecule has 4 heteroatoms. The van der Waals surface area contributed by atoms with Crippen LogP contribution in [0.1, 0.15) is 37.7 Å². The van der Waals surface area contributed by atoms with Crippen molar-refractivity contribution in [2.45, 2.75) is 44.1 Å². The maximum atomic E-state index is 11.9. The molecule has 0 saturated heterocycles. The Morgan fingerprint density at radius 3 is 2.63 bits per heavy atom. The zero-order chi connectivity index (χ0) is 13.7. The van der Waals surface area contributed by atoms with Crippen LogP contribution in [0.25, 0.3) is 0 Å². The van der Waals surface area contributed by atoms with Crippen molar-refractivity contribution in [2.24, 2.45) is 0 Å². The molecule has 0 atom stereocenters. The number of hydrogen-bond acceptors (Lipinski definition) is 3. The van der Waals surface area contributed by atoms with Crippen LogP contribution in [0.5, 0.6) is 0 Å². The second-order valence-electron chi connectivity index (χ2n) is 5.44. The van der Waals surface area contributed by atoms with E-state index in [1.165, 1.54) is 6.42 Å². The third-order valence-electron chi connectivity index (χ3n) is 3.80. The number of anilines is 1. The molecule has 1 fully saturated rings. The number of carbonyl (C=O) groups is 1. The van der Waals surface area contributed by atoms with Crippen molar-refractivity contribution in [2.75, 3.05) is 12.3 Å². The van der Waals surface area contributed by atoms with Crippen molar-refractivity contribution < 1.29 is 9.90 Å². The highest BCUT2D eigenvalue weighted by Crippen LogP contribution is 2.27. The van der Waals surface area contributed by atoms with Crippen LogP contribution in [-0.2, 0) is 11.2 Å². The van der Waals surface area contributed by atoms with Gasteiger partial charge in [-0.25, -0.2) is 0 Å². The van der Waals surface area contributed by atoms with Crippen molar-refractivity contribution in [3.05, 3.63) is 29.8 Å². The van der Waals surface area contributed by atoms with E-state index >= 15 is 0 Å². The summed E-state index contributed by atoms with van der Waals surface area (Å²) in [4.78, 5) is 11.9. The summed E-state index contributed by atoms with van der Waals surface area (Å²) in [7, 11) is 0. The number of nitrogens with one attached hydrogen (secondary N) is 1. The van der Waals surface area contributed by atoms with Crippen LogP contribution < -0.4 is 11.1 Å². The van der Waals surface area contributed by atoms with E-state index in [1.807, 2.05) is 18.2 Å². The van der Waals surface area contributed by atoms with E-state index in [4.69, 9.17) is 5.73 Å².